The van der Waals surface area contributed by atoms with E-state index in [0.717, 1.165) is 21.0 Å². The SMILES string of the molecule is Cc1sc2nc(-c3ccccc3)c(C(=O)O)n2c1-c1cccs1. The molecule has 0 atom stereocenters. The molecule has 114 valence electrons. The zero-order valence-electron chi connectivity index (χ0n) is 12.2. The number of fused-ring (bicyclic) bond motifs is 1. The number of aromatic nitrogens is 2. The highest BCUT2D eigenvalue weighted by Crippen LogP contribution is 2.37. The maximum atomic E-state index is 11.9. The minimum absolute atomic E-state index is 0.221. The molecule has 1 aromatic carbocycles. The standard InChI is InChI=1S/C17H12N2O2S2/c1-10-14(12-8-5-9-22-12)19-15(16(20)21)13(18-17(19)23-10)11-6-3-2-4-7-11/h2-9H,1H3,(H,20,21). The Balaban J connectivity index is 2.09. The topological polar surface area (TPSA) is 54.6 Å². The number of aromatic carboxylic acids is 1. The number of thiophene rings is 1. The van der Waals surface area contributed by atoms with Gasteiger partial charge in [0.25, 0.3) is 0 Å². The number of rotatable bonds is 3. The summed E-state index contributed by atoms with van der Waals surface area (Å²) in [7, 11) is 0. The molecule has 4 aromatic rings. The lowest BCUT2D eigenvalue weighted by Gasteiger charge is -2.03. The van der Waals surface area contributed by atoms with Gasteiger partial charge in [-0.25, -0.2) is 9.78 Å². The summed E-state index contributed by atoms with van der Waals surface area (Å²) in [5, 5.41) is 11.8. The summed E-state index contributed by atoms with van der Waals surface area (Å²) in [5.74, 6) is -0.966. The Labute approximate surface area is 140 Å². The van der Waals surface area contributed by atoms with Crippen LogP contribution in [0.25, 0.3) is 26.8 Å². The van der Waals surface area contributed by atoms with Crippen molar-refractivity contribution in [2.75, 3.05) is 0 Å². The molecule has 3 heterocycles. The van der Waals surface area contributed by atoms with Gasteiger partial charge in [-0.05, 0) is 18.4 Å². The minimum Gasteiger partial charge on any atom is -0.476 e. The first-order valence-corrected chi connectivity index (χ1v) is 8.71. The first-order chi connectivity index (χ1) is 11.2. The molecular formula is C17H12N2O2S2. The number of imidazole rings is 1. The third-order valence-electron chi connectivity index (χ3n) is 3.65. The fourth-order valence-corrected chi connectivity index (χ4v) is 4.57. The average Bonchev–Trinajstić information content (AvgIpc) is 3.22. The first kappa shape index (κ1) is 14.2. The van der Waals surface area contributed by atoms with E-state index in [0.29, 0.717) is 10.7 Å². The smallest absolute Gasteiger partial charge is 0.355 e. The summed E-state index contributed by atoms with van der Waals surface area (Å²) < 4.78 is 1.77. The molecule has 4 nitrogen and oxygen atoms in total. The third kappa shape index (κ3) is 2.18. The fourth-order valence-electron chi connectivity index (χ4n) is 2.71. The Morgan fingerprint density at radius 3 is 2.61 bits per heavy atom. The molecule has 0 aliphatic heterocycles. The van der Waals surface area contributed by atoms with Crippen molar-refractivity contribution >= 4 is 33.6 Å². The Hall–Kier alpha value is -2.44. The van der Waals surface area contributed by atoms with Gasteiger partial charge < -0.3 is 5.11 Å². The number of nitrogens with zero attached hydrogens (tertiary/aromatic N) is 2. The van der Waals surface area contributed by atoms with Crippen molar-refractivity contribution in [3.63, 3.8) is 0 Å². The molecule has 6 heteroatoms. The number of thiazole rings is 1. The van der Waals surface area contributed by atoms with Crippen molar-refractivity contribution in [1.29, 1.82) is 0 Å². The van der Waals surface area contributed by atoms with Crippen LogP contribution in [0.2, 0.25) is 0 Å². The highest BCUT2D eigenvalue weighted by molar-refractivity contribution is 7.18. The van der Waals surface area contributed by atoms with E-state index in [4.69, 9.17) is 0 Å². The van der Waals surface area contributed by atoms with Crippen molar-refractivity contribution in [2.45, 2.75) is 6.92 Å². The fraction of sp³-hybridized carbons (Fsp3) is 0.0588. The van der Waals surface area contributed by atoms with Crippen molar-refractivity contribution in [3.8, 4) is 21.8 Å². The zero-order valence-corrected chi connectivity index (χ0v) is 13.8. The molecule has 0 bridgehead atoms. The summed E-state index contributed by atoms with van der Waals surface area (Å²) in [6, 6.07) is 13.4. The summed E-state index contributed by atoms with van der Waals surface area (Å²) in [5.41, 5.74) is 2.48. The van der Waals surface area contributed by atoms with E-state index in [9.17, 15) is 9.90 Å². The molecule has 0 saturated carbocycles. The first-order valence-electron chi connectivity index (χ1n) is 7.01. The number of carboxylic acids is 1. The van der Waals surface area contributed by atoms with Gasteiger partial charge in [0, 0.05) is 10.4 Å². The molecule has 0 spiro atoms. The van der Waals surface area contributed by atoms with Crippen LogP contribution < -0.4 is 0 Å². The summed E-state index contributed by atoms with van der Waals surface area (Å²) in [6.07, 6.45) is 0. The highest BCUT2D eigenvalue weighted by atomic mass is 32.1. The van der Waals surface area contributed by atoms with Crippen LogP contribution in [0, 0.1) is 6.92 Å². The predicted octanol–water partition coefficient (Wildman–Crippen LogP) is 4.80. The Bertz CT molecular complexity index is 999. The van der Waals surface area contributed by atoms with Crippen LogP contribution >= 0.6 is 22.7 Å². The molecule has 4 rings (SSSR count). The van der Waals surface area contributed by atoms with E-state index in [1.165, 1.54) is 11.3 Å². The molecule has 0 fully saturated rings. The number of aryl methyl sites for hydroxylation is 1. The monoisotopic (exact) mass is 340 g/mol. The lowest BCUT2D eigenvalue weighted by molar-refractivity contribution is 0.0690. The lowest BCUT2D eigenvalue weighted by Crippen LogP contribution is -2.04. The summed E-state index contributed by atoms with van der Waals surface area (Å²) in [4.78, 5) is 19.4. The molecule has 0 amide bonds. The van der Waals surface area contributed by atoms with Crippen LogP contribution in [0.15, 0.2) is 47.8 Å². The normalized spacial score (nSPS) is 11.2. The number of hydrogen-bond donors (Lipinski definition) is 1. The lowest BCUT2D eigenvalue weighted by atomic mass is 10.1. The molecule has 3 aromatic heterocycles. The van der Waals surface area contributed by atoms with E-state index in [-0.39, 0.29) is 5.69 Å². The van der Waals surface area contributed by atoms with E-state index in [2.05, 4.69) is 4.98 Å². The second kappa shape index (κ2) is 5.33. The van der Waals surface area contributed by atoms with Crippen molar-refractivity contribution in [3.05, 3.63) is 58.4 Å². The quantitative estimate of drug-likeness (QED) is 0.583. The summed E-state index contributed by atoms with van der Waals surface area (Å²) in [6.45, 7) is 2.00. The van der Waals surface area contributed by atoms with E-state index >= 15 is 0 Å². The largest absolute Gasteiger partial charge is 0.476 e. The van der Waals surface area contributed by atoms with E-state index in [1.807, 2.05) is 54.8 Å². The van der Waals surface area contributed by atoms with E-state index in [1.54, 1.807) is 15.7 Å². The van der Waals surface area contributed by atoms with Crippen molar-refractivity contribution in [1.82, 2.24) is 9.38 Å². The summed E-state index contributed by atoms with van der Waals surface area (Å²) >= 11 is 3.12. The van der Waals surface area contributed by atoms with Crippen molar-refractivity contribution < 1.29 is 9.90 Å². The van der Waals surface area contributed by atoms with E-state index < -0.39 is 5.97 Å². The number of carbonyl (C=O) groups is 1. The van der Waals surface area contributed by atoms with Gasteiger partial charge in [-0.2, -0.15) is 0 Å². The van der Waals surface area contributed by atoms with Gasteiger partial charge in [-0.1, -0.05) is 36.4 Å². The highest BCUT2D eigenvalue weighted by Gasteiger charge is 2.25. The van der Waals surface area contributed by atoms with Crippen molar-refractivity contribution in [2.24, 2.45) is 0 Å². The Kier molecular flexibility index (Phi) is 3.28. The van der Waals surface area contributed by atoms with Crippen LogP contribution in [0.5, 0.6) is 0 Å². The zero-order chi connectivity index (χ0) is 16.0. The Morgan fingerprint density at radius 2 is 1.96 bits per heavy atom. The van der Waals surface area contributed by atoms with Gasteiger partial charge in [0.2, 0.25) is 0 Å². The second-order valence-corrected chi connectivity index (χ2v) is 7.21. The second-order valence-electron chi connectivity index (χ2n) is 5.08. The molecule has 0 unspecified atom stereocenters. The maximum absolute atomic E-state index is 11.9. The molecule has 0 radical (unpaired) electrons. The molecule has 23 heavy (non-hydrogen) atoms. The van der Waals surface area contributed by atoms with Gasteiger partial charge in [0.05, 0.1) is 10.6 Å². The third-order valence-corrected chi connectivity index (χ3v) is 5.49. The average molecular weight is 340 g/mol. The van der Waals surface area contributed by atoms with Gasteiger partial charge in [-0.3, -0.25) is 4.40 Å². The minimum atomic E-state index is -0.966. The van der Waals surface area contributed by atoms with Crippen LogP contribution in [-0.4, -0.2) is 20.5 Å². The van der Waals surface area contributed by atoms with Gasteiger partial charge >= 0.3 is 5.97 Å². The van der Waals surface area contributed by atoms with Gasteiger partial charge in [0.15, 0.2) is 10.7 Å². The number of hydrogen-bond acceptors (Lipinski definition) is 4. The Morgan fingerprint density at radius 1 is 1.17 bits per heavy atom. The van der Waals surface area contributed by atoms with Gasteiger partial charge in [-0.15, -0.1) is 22.7 Å². The number of benzene rings is 1. The van der Waals surface area contributed by atoms with Crippen LogP contribution in [-0.2, 0) is 0 Å². The van der Waals surface area contributed by atoms with Gasteiger partial charge in [0.1, 0.15) is 5.69 Å². The molecule has 1 N–H and O–H groups in total. The van der Waals surface area contributed by atoms with Crippen LogP contribution in [0.3, 0.4) is 0 Å². The van der Waals surface area contributed by atoms with Crippen LogP contribution in [0.1, 0.15) is 15.4 Å². The molecule has 0 aliphatic rings. The molecule has 0 saturated heterocycles. The predicted molar refractivity (Wildman–Crippen MR) is 93.5 cm³/mol. The molecule has 0 aliphatic carbocycles. The maximum Gasteiger partial charge on any atom is 0.355 e. The molecular weight excluding hydrogens is 328 g/mol. The van der Waals surface area contributed by atoms with Crippen LogP contribution in [0.4, 0.5) is 0 Å². The number of carboxylic acid groups (broad SMARTS) is 1.